The van der Waals surface area contributed by atoms with Gasteiger partial charge in [0.15, 0.2) is 18.1 Å². The number of amides is 1. The van der Waals surface area contributed by atoms with Crippen molar-refractivity contribution in [3.05, 3.63) is 58.1 Å². The Morgan fingerprint density at radius 3 is 2.59 bits per heavy atom. The molecule has 10 nitrogen and oxygen atoms in total. The highest BCUT2D eigenvalue weighted by Gasteiger charge is 2.24. The first-order valence-corrected chi connectivity index (χ1v) is 10.2. The predicted molar refractivity (Wildman–Crippen MR) is 116 cm³/mol. The van der Waals surface area contributed by atoms with Gasteiger partial charge in [-0.25, -0.2) is 0 Å². The molecule has 0 aliphatic carbocycles. The first-order chi connectivity index (χ1) is 15.5. The van der Waals surface area contributed by atoms with Gasteiger partial charge in [0.05, 0.1) is 44.5 Å². The van der Waals surface area contributed by atoms with Gasteiger partial charge < -0.3 is 24.3 Å². The van der Waals surface area contributed by atoms with Crippen LogP contribution in [0, 0.1) is 10.1 Å². The van der Waals surface area contributed by atoms with Crippen molar-refractivity contribution in [2.45, 2.75) is 6.04 Å². The van der Waals surface area contributed by atoms with Crippen molar-refractivity contribution >= 4 is 11.6 Å². The van der Waals surface area contributed by atoms with Crippen molar-refractivity contribution < 1.29 is 28.7 Å². The van der Waals surface area contributed by atoms with Gasteiger partial charge >= 0.3 is 0 Å². The van der Waals surface area contributed by atoms with Crippen molar-refractivity contribution in [3.63, 3.8) is 0 Å². The van der Waals surface area contributed by atoms with E-state index in [0.717, 1.165) is 18.7 Å². The van der Waals surface area contributed by atoms with Gasteiger partial charge in [-0.15, -0.1) is 0 Å². The van der Waals surface area contributed by atoms with Crippen LogP contribution in [0.1, 0.15) is 11.6 Å². The number of rotatable bonds is 10. The van der Waals surface area contributed by atoms with E-state index in [1.165, 1.54) is 18.2 Å². The fourth-order valence-electron chi connectivity index (χ4n) is 3.50. The summed E-state index contributed by atoms with van der Waals surface area (Å²) in [6.07, 6.45) is 0. The fraction of sp³-hybridized carbons (Fsp3) is 0.409. The molecule has 1 heterocycles. The van der Waals surface area contributed by atoms with Crippen molar-refractivity contribution in [2.24, 2.45) is 0 Å². The minimum absolute atomic E-state index is 0.0938. The van der Waals surface area contributed by atoms with Gasteiger partial charge in [-0.3, -0.25) is 19.8 Å². The fourth-order valence-corrected chi connectivity index (χ4v) is 3.50. The van der Waals surface area contributed by atoms with Crippen LogP contribution in [0.2, 0.25) is 0 Å². The summed E-state index contributed by atoms with van der Waals surface area (Å²) in [6, 6.07) is 11.3. The molecule has 0 radical (unpaired) electrons. The Hall–Kier alpha value is -3.37. The second kappa shape index (κ2) is 11.3. The standard InChI is InChI=1S/C22H27N3O7/c1-29-20-7-6-16(12-21(20)30-2)19(24-8-10-31-11-9-24)14-23-22(26)15-32-18-5-3-4-17(13-18)25(27)28/h3-7,12-13,19H,8-11,14-15H2,1-2H3,(H,23,26). The number of nitro groups is 1. The van der Waals surface area contributed by atoms with E-state index < -0.39 is 4.92 Å². The van der Waals surface area contributed by atoms with Crippen molar-refractivity contribution in [1.29, 1.82) is 0 Å². The molecule has 0 aromatic heterocycles. The molecule has 1 N–H and O–H groups in total. The Bertz CT molecular complexity index is 931. The van der Waals surface area contributed by atoms with Crippen LogP contribution in [0.5, 0.6) is 17.2 Å². The summed E-state index contributed by atoms with van der Waals surface area (Å²) >= 11 is 0. The molecule has 1 fully saturated rings. The number of non-ortho nitro benzene ring substituents is 1. The maximum atomic E-state index is 12.4. The zero-order valence-electron chi connectivity index (χ0n) is 18.1. The number of morpholine rings is 1. The molecule has 1 atom stereocenters. The number of benzene rings is 2. The number of carbonyl (C=O) groups excluding carboxylic acids is 1. The molecule has 1 saturated heterocycles. The predicted octanol–water partition coefficient (Wildman–Crippen LogP) is 2.18. The zero-order valence-corrected chi connectivity index (χ0v) is 18.1. The Morgan fingerprint density at radius 1 is 1.16 bits per heavy atom. The lowest BCUT2D eigenvalue weighted by atomic mass is 10.0. The summed E-state index contributed by atoms with van der Waals surface area (Å²) in [5.41, 5.74) is 0.883. The molecule has 1 aliphatic rings. The third kappa shape index (κ3) is 6.08. The quantitative estimate of drug-likeness (QED) is 0.437. The van der Waals surface area contributed by atoms with Crippen LogP contribution < -0.4 is 19.5 Å². The molecule has 172 valence electrons. The molecule has 10 heteroatoms. The van der Waals surface area contributed by atoms with Crippen LogP contribution in [-0.4, -0.2) is 69.4 Å². The Morgan fingerprint density at radius 2 is 1.91 bits per heavy atom. The second-order valence-electron chi connectivity index (χ2n) is 7.13. The number of carbonyl (C=O) groups is 1. The van der Waals surface area contributed by atoms with Gasteiger partial charge in [0.25, 0.3) is 11.6 Å². The van der Waals surface area contributed by atoms with Crippen LogP contribution in [0.4, 0.5) is 5.69 Å². The lowest BCUT2D eigenvalue weighted by Crippen LogP contribution is -2.44. The maximum Gasteiger partial charge on any atom is 0.273 e. The van der Waals surface area contributed by atoms with E-state index in [0.29, 0.717) is 31.3 Å². The summed E-state index contributed by atoms with van der Waals surface area (Å²) in [7, 11) is 3.16. The van der Waals surface area contributed by atoms with E-state index in [1.807, 2.05) is 18.2 Å². The third-order valence-corrected chi connectivity index (χ3v) is 5.17. The van der Waals surface area contributed by atoms with Gasteiger partial charge in [0, 0.05) is 25.7 Å². The molecule has 3 rings (SSSR count). The highest BCUT2D eigenvalue weighted by atomic mass is 16.6. The van der Waals surface area contributed by atoms with Crippen LogP contribution in [0.25, 0.3) is 0 Å². The van der Waals surface area contributed by atoms with Crippen LogP contribution in [-0.2, 0) is 9.53 Å². The molecular formula is C22H27N3O7. The van der Waals surface area contributed by atoms with E-state index in [9.17, 15) is 14.9 Å². The number of nitro benzene ring substituents is 1. The number of methoxy groups -OCH3 is 2. The monoisotopic (exact) mass is 445 g/mol. The summed E-state index contributed by atoms with van der Waals surface area (Å²) < 4.78 is 21.6. The minimum Gasteiger partial charge on any atom is -0.493 e. The first-order valence-electron chi connectivity index (χ1n) is 10.2. The topological polar surface area (TPSA) is 112 Å². The van der Waals surface area contributed by atoms with E-state index in [4.69, 9.17) is 18.9 Å². The van der Waals surface area contributed by atoms with Gasteiger partial charge in [0.2, 0.25) is 0 Å². The van der Waals surface area contributed by atoms with Crippen molar-refractivity contribution in [2.75, 3.05) is 53.7 Å². The Balaban J connectivity index is 1.65. The van der Waals surface area contributed by atoms with Crippen molar-refractivity contribution in [1.82, 2.24) is 10.2 Å². The molecular weight excluding hydrogens is 418 g/mol. The molecule has 2 aromatic rings. The number of hydrogen-bond acceptors (Lipinski definition) is 8. The summed E-state index contributed by atoms with van der Waals surface area (Å²) in [4.78, 5) is 25.0. The largest absolute Gasteiger partial charge is 0.493 e. The summed E-state index contributed by atoms with van der Waals surface area (Å²) in [5.74, 6) is 1.18. The number of hydrogen-bond donors (Lipinski definition) is 1. The maximum absolute atomic E-state index is 12.4. The van der Waals surface area contributed by atoms with E-state index in [-0.39, 0.29) is 30.0 Å². The number of ether oxygens (including phenoxy) is 4. The molecule has 0 spiro atoms. The van der Waals surface area contributed by atoms with Crippen LogP contribution in [0.3, 0.4) is 0 Å². The minimum atomic E-state index is -0.511. The van der Waals surface area contributed by atoms with Crippen molar-refractivity contribution in [3.8, 4) is 17.2 Å². The molecule has 1 aliphatic heterocycles. The first kappa shape index (κ1) is 23.3. The SMILES string of the molecule is COc1ccc(C(CNC(=O)COc2cccc([N+](=O)[O-])c2)N2CCOCC2)cc1OC. The van der Waals surface area contributed by atoms with Gasteiger partial charge in [-0.05, 0) is 23.8 Å². The lowest BCUT2D eigenvalue weighted by molar-refractivity contribution is -0.384. The molecule has 32 heavy (non-hydrogen) atoms. The zero-order chi connectivity index (χ0) is 22.9. The highest BCUT2D eigenvalue weighted by molar-refractivity contribution is 5.77. The summed E-state index contributed by atoms with van der Waals surface area (Å²) in [5, 5.41) is 13.8. The Kier molecular flexibility index (Phi) is 8.23. The van der Waals surface area contributed by atoms with Crippen LogP contribution in [0.15, 0.2) is 42.5 Å². The highest BCUT2D eigenvalue weighted by Crippen LogP contribution is 2.32. The summed E-state index contributed by atoms with van der Waals surface area (Å²) in [6.45, 7) is 2.81. The molecule has 0 saturated carbocycles. The molecule has 2 aromatic carbocycles. The number of nitrogens with one attached hydrogen (secondary N) is 1. The van der Waals surface area contributed by atoms with Crippen LogP contribution >= 0.6 is 0 Å². The van der Waals surface area contributed by atoms with E-state index in [2.05, 4.69) is 10.2 Å². The van der Waals surface area contributed by atoms with Gasteiger partial charge in [0.1, 0.15) is 5.75 Å². The smallest absolute Gasteiger partial charge is 0.273 e. The van der Waals surface area contributed by atoms with E-state index in [1.54, 1.807) is 20.3 Å². The second-order valence-corrected chi connectivity index (χ2v) is 7.13. The Labute approximate surface area is 186 Å². The lowest BCUT2D eigenvalue weighted by Gasteiger charge is -2.35. The average Bonchev–Trinajstić information content (AvgIpc) is 2.83. The normalized spacial score (nSPS) is 14.9. The van der Waals surface area contributed by atoms with Gasteiger partial charge in [-0.1, -0.05) is 12.1 Å². The molecule has 0 bridgehead atoms. The molecule has 1 unspecified atom stereocenters. The molecule has 1 amide bonds. The number of nitrogens with zero attached hydrogens (tertiary/aromatic N) is 2. The van der Waals surface area contributed by atoms with E-state index >= 15 is 0 Å². The van der Waals surface area contributed by atoms with Gasteiger partial charge in [-0.2, -0.15) is 0 Å². The average molecular weight is 445 g/mol. The third-order valence-electron chi connectivity index (χ3n) is 5.17.